The first-order chi connectivity index (χ1) is 16.2. The lowest BCUT2D eigenvalue weighted by atomic mass is 10.1. The molecule has 0 atom stereocenters. The predicted octanol–water partition coefficient (Wildman–Crippen LogP) is 4.74. The molecule has 6 heteroatoms. The van der Waals surface area contributed by atoms with E-state index in [2.05, 4.69) is 26.7 Å². The average molecular weight is 439 g/mol. The first kappa shape index (κ1) is 22.0. The summed E-state index contributed by atoms with van der Waals surface area (Å²) in [5.74, 6) is 0.698. The Balaban J connectivity index is 1.39. The van der Waals surface area contributed by atoms with Crippen LogP contribution in [0, 0.1) is 0 Å². The number of nitrogens with zero attached hydrogens (tertiary/aromatic N) is 2. The van der Waals surface area contributed by atoms with E-state index in [9.17, 15) is 4.79 Å². The van der Waals surface area contributed by atoms with Crippen LogP contribution in [0.5, 0.6) is 5.75 Å². The van der Waals surface area contributed by atoms with E-state index in [1.807, 2.05) is 60.7 Å². The summed E-state index contributed by atoms with van der Waals surface area (Å²) < 4.78 is 5.30. The van der Waals surface area contributed by atoms with E-state index < -0.39 is 0 Å². The zero-order valence-corrected chi connectivity index (χ0v) is 18.5. The highest BCUT2D eigenvalue weighted by Crippen LogP contribution is 2.26. The first-order valence-corrected chi connectivity index (χ1v) is 10.8. The lowest BCUT2D eigenvalue weighted by molar-refractivity contribution is 0.0950. The van der Waals surface area contributed by atoms with Gasteiger partial charge in [-0.2, -0.15) is 0 Å². The minimum Gasteiger partial charge on any atom is -0.497 e. The fourth-order valence-corrected chi connectivity index (χ4v) is 3.50. The number of nitrogens with one attached hydrogen (secondary N) is 2. The van der Waals surface area contributed by atoms with Crippen LogP contribution in [0.4, 0.5) is 5.69 Å². The molecular weight excluding hydrogens is 412 g/mol. The summed E-state index contributed by atoms with van der Waals surface area (Å²) in [6.45, 7) is 1.20. The molecule has 0 saturated heterocycles. The third-order valence-corrected chi connectivity index (χ3v) is 5.27. The Morgan fingerprint density at radius 2 is 1.82 bits per heavy atom. The number of methoxy groups -OCH3 is 1. The van der Waals surface area contributed by atoms with E-state index >= 15 is 0 Å². The minimum absolute atomic E-state index is 0.164. The Bertz CT molecular complexity index is 1190. The maximum atomic E-state index is 12.5. The van der Waals surface area contributed by atoms with Gasteiger partial charge in [-0.3, -0.25) is 14.8 Å². The van der Waals surface area contributed by atoms with Crippen LogP contribution in [0.3, 0.4) is 0 Å². The van der Waals surface area contributed by atoms with Crippen LogP contribution in [0.2, 0.25) is 0 Å². The third kappa shape index (κ3) is 5.95. The smallest absolute Gasteiger partial charge is 0.253 e. The number of anilines is 1. The molecule has 1 amide bonds. The number of carbonyl (C=O) groups excluding carboxylic acids is 1. The van der Waals surface area contributed by atoms with Gasteiger partial charge in [0.15, 0.2) is 0 Å². The van der Waals surface area contributed by atoms with Crippen LogP contribution >= 0.6 is 0 Å². The zero-order chi connectivity index (χ0) is 22.9. The molecule has 4 aromatic rings. The first-order valence-electron chi connectivity index (χ1n) is 10.8. The summed E-state index contributed by atoms with van der Waals surface area (Å²) in [6, 6.07) is 23.6. The van der Waals surface area contributed by atoms with Gasteiger partial charge in [0, 0.05) is 42.9 Å². The Labute approximate surface area is 193 Å². The van der Waals surface area contributed by atoms with Gasteiger partial charge in [0.05, 0.1) is 18.4 Å². The van der Waals surface area contributed by atoms with Crippen molar-refractivity contribution in [2.24, 2.45) is 0 Å². The van der Waals surface area contributed by atoms with E-state index in [-0.39, 0.29) is 5.91 Å². The van der Waals surface area contributed by atoms with Crippen LogP contribution < -0.4 is 15.4 Å². The maximum Gasteiger partial charge on any atom is 0.253 e. The molecule has 2 N–H and O–H groups in total. The molecule has 33 heavy (non-hydrogen) atoms. The largest absolute Gasteiger partial charge is 0.497 e. The molecule has 0 radical (unpaired) electrons. The van der Waals surface area contributed by atoms with Crippen molar-refractivity contribution in [1.29, 1.82) is 0 Å². The molecule has 4 rings (SSSR count). The summed E-state index contributed by atoms with van der Waals surface area (Å²) in [4.78, 5) is 21.1. The molecule has 166 valence electrons. The predicted molar refractivity (Wildman–Crippen MR) is 130 cm³/mol. The standard InChI is InChI=1S/C27H26N4O2/c1-33-23-8-4-6-20(16-23)13-15-29-25-10-3-2-9-24(25)26-12-11-22(19-30-26)27(32)31-18-21-7-5-14-28-17-21/h2-12,14,16-17,19,29H,13,15,18H2,1H3,(H,31,32). The molecule has 0 aliphatic rings. The number of pyridine rings is 2. The molecule has 0 aliphatic heterocycles. The third-order valence-electron chi connectivity index (χ3n) is 5.27. The van der Waals surface area contributed by atoms with Crippen molar-refractivity contribution in [2.75, 3.05) is 19.0 Å². The number of rotatable bonds is 9. The van der Waals surface area contributed by atoms with Crippen LogP contribution in [0.15, 0.2) is 91.4 Å². The highest BCUT2D eigenvalue weighted by molar-refractivity contribution is 5.94. The summed E-state index contributed by atoms with van der Waals surface area (Å²) in [7, 11) is 1.68. The van der Waals surface area contributed by atoms with Gasteiger partial charge in [-0.1, -0.05) is 36.4 Å². The molecule has 0 spiro atoms. The molecule has 0 aliphatic carbocycles. The van der Waals surface area contributed by atoms with Crippen molar-refractivity contribution < 1.29 is 9.53 Å². The number of aromatic nitrogens is 2. The molecular formula is C27H26N4O2. The van der Waals surface area contributed by atoms with Crippen LogP contribution in [-0.4, -0.2) is 29.5 Å². The molecule has 2 aromatic heterocycles. The number of amides is 1. The number of ether oxygens (including phenoxy) is 1. The normalized spacial score (nSPS) is 10.5. The second kappa shape index (κ2) is 10.9. The van der Waals surface area contributed by atoms with E-state index in [4.69, 9.17) is 4.74 Å². The quantitative estimate of drug-likeness (QED) is 0.395. The average Bonchev–Trinajstić information content (AvgIpc) is 2.88. The number of hydrogen-bond donors (Lipinski definition) is 2. The van der Waals surface area contributed by atoms with Gasteiger partial charge in [0.25, 0.3) is 5.91 Å². The van der Waals surface area contributed by atoms with Crippen molar-refractivity contribution >= 4 is 11.6 Å². The number of benzene rings is 2. The van der Waals surface area contributed by atoms with Gasteiger partial charge in [-0.25, -0.2) is 0 Å². The van der Waals surface area contributed by atoms with Crippen LogP contribution in [0.25, 0.3) is 11.3 Å². The summed E-state index contributed by atoms with van der Waals surface area (Å²) in [5, 5.41) is 6.40. The van der Waals surface area contributed by atoms with E-state index in [0.29, 0.717) is 12.1 Å². The SMILES string of the molecule is COc1cccc(CCNc2ccccc2-c2ccc(C(=O)NCc3cccnc3)cn2)c1. The van der Waals surface area contributed by atoms with Gasteiger partial charge in [-0.15, -0.1) is 0 Å². The van der Waals surface area contributed by atoms with E-state index in [0.717, 1.165) is 41.2 Å². The van der Waals surface area contributed by atoms with Gasteiger partial charge in [-0.05, 0) is 53.9 Å². The number of carbonyl (C=O) groups is 1. The van der Waals surface area contributed by atoms with Gasteiger partial charge < -0.3 is 15.4 Å². The Morgan fingerprint density at radius 1 is 0.939 bits per heavy atom. The second-order valence-corrected chi connectivity index (χ2v) is 7.55. The molecule has 2 heterocycles. The fraction of sp³-hybridized carbons (Fsp3) is 0.148. The topological polar surface area (TPSA) is 76.1 Å². The second-order valence-electron chi connectivity index (χ2n) is 7.55. The van der Waals surface area contributed by atoms with Crippen molar-refractivity contribution in [3.05, 3.63) is 108 Å². The zero-order valence-electron chi connectivity index (χ0n) is 18.5. The molecule has 6 nitrogen and oxygen atoms in total. The Morgan fingerprint density at radius 3 is 2.61 bits per heavy atom. The van der Waals surface area contributed by atoms with Crippen molar-refractivity contribution in [3.63, 3.8) is 0 Å². The molecule has 2 aromatic carbocycles. The van der Waals surface area contributed by atoms with Crippen LogP contribution in [-0.2, 0) is 13.0 Å². The summed E-state index contributed by atoms with van der Waals surface area (Å²) >= 11 is 0. The van der Waals surface area contributed by atoms with E-state index in [1.165, 1.54) is 5.56 Å². The highest BCUT2D eigenvalue weighted by atomic mass is 16.5. The molecule has 0 bridgehead atoms. The highest BCUT2D eigenvalue weighted by Gasteiger charge is 2.09. The molecule has 0 saturated carbocycles. The van der Waals surface area contributed by atoms with Crippen LogP contribution in [0.1, 0.15) is 21.5 Å². The van der Waals surface area contributed by atoms with E-state index in [1.54, 1.807) is 31.8 Å². The summed E-state index contributed by atoms with van der Waals surface area (Å²) in [6.07, 6.45) is 5.93. The lowest BCUT2D eigenvalue weighted by Gasteiger charge is -2.12. The minimum atomic E-state index is -0.164. The summed E-state index contributed by atoms with van der Waals surface area (Å²) in [5.41, 5.74) is 5.48. The van der Waals surface area contributed by atoms with Crippen molar-refractivity contribution in [1.82, 2.24) is 15.3 Å². The fourth-order valence-electron chi connectivity index (χ4n) is 3.50. The molecule has 0 unspecified atom stereocenters. The lowest BCUT2D eigenvalue weighted by Crippen LogP contribution is -2.22. The van der Waals surface area contributed by atoms with Crippen molar-refractivity contribution in [2.45, 2.75) is 13.0 Å². The Hall–Kier alpha value is -4.19. The monoisotopic (exact) mass is 438 g/mol. The Kier molecular flexibility index (Phi) is 7.28. The maximum absolute atomic E-state index is 12.5. The van der Waals surface area contributed by atoms with Gasteiger partial charge >= 0.3 is 0 Å². The van der Waals surface area contributed by atoms with Gasteiger partial charge in [0.2, 0.25) is 0 Å². The number of para-hydroxylation sites is 1. The van der Waals surface area contributed by atoms with Gasteiger partial charge in [0.1, 0.15) is 5.75 Å². The number of hydrogen-bond acceptors (Lipinski definition) is 5. The van der Waals surface area contributed by atoms with Crippen molar-refractivity contribution in [3.8, 4) is 17.0 Å². The molecule has 0 fully saturated rings.